The first-order chi connectivity index (χ1) is 18.0. The predicted molar refractivity (Wildman–Crippen MR) is 127 cm³/mol. The summed E-state index contributed by atoms with van der Waals surface area (Å²) in [6.07, 6.45) is -2.89. The second kappa shape index (κ2) is 9.62. The standard InChI is InChI=1S/C27H20F6N4O/c28-26(29,30)21-11-20(12-22(14-21)27(31,32)33)23-5-4-17(13-24(23)37-9-2-8-35-37)25(38)36-10-6-19(16-36)18-3-1-7-34-15-18/h1-5,7-9,11-15,19H,6,10,16H2. The molecular weight excluding hydrogens is 510 g/mol. The Bertz CT molecular complexity index is 1420. The average molecular weight is 530 g/mol. The fourth-order valence-electron chi connectivity index (χ4n) is 4.64. The van der Waals surface area contributed by atoms with Crippen LogP contribution in [0.5, 0.6) is 0 Å². The maximum Gasteiger partial charge on any atom is 0.416 e. The molecular formula is C27H20F6N4O. The number of carbonyl (C=O) groups excluding carboxylic acids is 1. The van der Waals surface area contributed by atoms with Gasteiger partial charge in [0.2, 0.25) is 0 Å². The molecule has 38 heavy (non-hydrogen) atoms. The van der Waals surface area contributed by atoms with Gasteiger partial charge in [-0.3, -0.25) is 9.78 Å². The van der Waals surface area contributed by atoms with E-state index in [0.717, 1.165) is 12.0 Å². The number of pyridine rings is 1. The van der Waals surface area contributed by atoms with Gasteiger partial charge in [0.05, 0.1) is 16.8 Å². The van der Waals surface area contributed by atoms with E-state index in [2.05, 4.69) is 10.1 Å². The molecule has 0 aliphatic carbocycles. The number of alkyl halides is 6. The van der Waals surface area contributed by atoms with Crippen molar-refractivity contribution in [3.8, 4) is 16.8 Å². The summed E-state index contributed by atoms with van der Waals surface area (Å²) in [4.78, 5) is 19.1. The van der Waals surface area contributed by atoms with Crippen LogP contribution in [0.1, 0.15) is 39.4 Å². The maximum atomic E-state index is 13.5. The fraction of sp³-hybridized carbons (Fsp3) is 0.222. The van der Waals surface area contributed by atoms with Gasteiger partial charge in [-0.25, -0.2) is 4.68 Å². The maximum absolute atomic E-state index is 13.5. The lowest BCUT2D eigenvalue weighted by molar-refractivity contribution is -0.143. The Hall–Kier alpha value is -4.15. The molecule has 1 aliphatic rings. The van der Waals surface area contributed by atoms with Gasteiger partial charge in [0.15, 0.2) is 0 Å². The van der Waals surface area contributed by atoms with E-state index in [-0.39, 0.29) is 40.3 Å². The zero-order valence-corrected chi connectivity index (χ0v) is 19.7. The molecule has 3 heterocycles. The number of halogens is 6. The van der Waals surface area contributed by atoms with Gasteiger partial charge in [-0.05, 0) is 60.0 Å². The Morgan fingerprint density at radius 1 is 0.895 bits per heavy atom. The smallest absolute Gasteiger partial charge is 0.338 e. The average Bonchev–Trinajstić information content (AvgIpc) is 3.60. The third kappa shape index (κ3) is 5.13. The molecule has 196 valence electrons. The lowest BCUT2D eigenvalue weighted by Gasteiger charge is -2.19. The van der Waals surface area contributed by atoms with Crippen molar-refractivity contribution in [2.45, 2.75) is 24.7 Å². The van der Waals surface area contributed by atoms with Crippen molar-refractivity contribution in [1.29, 1.82) is 0 Å². The van der Waals surface area contributed by atoms with Gasteiger partial charge in [-0.15, -0.1) is 0 Å². The number of aromatic nitrogens is 3. The largest absolute Gasteiger partial charge is 0.416 e. The predicted octanol–water partition coefficient (Wildman–Crippen LogP) is 6.60. The Morgan fingerprint density at radius 2 is 1.63 bits per heavy atom. The molecule has 0 radical (unpaired) electrons. The van der Waals surface area contributed by atoms with Crippen LogP contribution in [0.3, 0.4) is 0 Å². The number of hydrogen-bond donors (Lipinski definition) is 0. The zero-order valence-electron chi connectivity index (χ0n) is 19.7. The highest BCUT2D eigenvalue weighted by Gasteiger charge is 2.37. The molecule has 4 aromatic rings. The van der Waals surface area contributed by atoms with Gasteiger partial charge in [-0.2, -0.15) is 31.4 Å². The molecule has 1 fully saturated rings. The molecule has 1 unspecified atom stereocenters. The zero-order chi connectivity index (χ0) is 27.1. The quantitative estimate of drug-likeness (QED) is 0.280. The van der Waals surface area contributed by atoms with Crippen LogP contribution >= 0.6 is 0 Å². The second-order valence-electron chi connectivity index (χ2n) is 9.00. The van der Waals surface area contributed by atoms with E-state index in [4.69, 9.17) is 0 Å². The first kappa shape index (κ1) is 25.5. The molecule has 1 amide bonds. The SMILES string of the molecule is O=C(c1ccc(-c2cc(C(F)(F)F)cc(C(F)(F)F)c2)c(-n2cccn2)c1)N1CCC(c2cccnc2)C1. The molecule has 5 rings (SSSR count). The van der Waals surface area contributed by atoms with Gasteiger partial charge in [0, 0.05) is 54.9 Å². The lowest BCUT2D eigenvalue weighted by atomic mass is 9.96. The van der Waals surface area contributed by atoms with E-state index < -0.39 is 23.5 Å². The van der Waals surface area contributed by atoms with Crippen LogP contribution < -0.4 is 0 Å². The highest BCUT2D eigenvalue weighted by Crippen LogP contribution is 2.40. The Kier molecular flexibility index (Phi) is 6.46. The van der Waals surface area contributed by atoms with E-state index in [9.17, 15) is 31.1 Å². The van der Waals surface area contributed by atoms with Gasteiger partial charge >= 0.3 is 12.4 Å². The normalized spacial score (nSPS) is 16.2. The Balaban J connectivity index is 1.54. The molecule has 1 saturated heterocycles. The number of amides is 1. The minimum absolute atomic E-state index is 0.0662. The first-order valence-corrected chi connectivity index (χ1v) is 11.6. The van der Waals surface area contributed by atoms with Gasteiger partial charge in [-0.1, -0.05) is 12.1 Å². The van der Waals surface area contributed by atoms with Crippen molar-refractivity contribution < 1.29 is 31.1 Å². The van der Waals surface area contributed by atoms with E-state index >= 15 is 0 Å². The van der Waals surface area contributed by atoms with Crippen molar-refractivity contribution in [3.05, 3.63) is 102 Å². The van der Waals surface area contributed by atoms with Gasteiger partial charge in [0.25, 0.3) is 5.91 Å². The molecule has 2 aromatic carbocycles. The molecule has 1 atom stereocenters. The van der Waals surface area contributed by atoms with E-state index in [1.807, 2.05) is 12.1 Å². The molecule has 11 heteroatoms. The van der Waals surface area contributed by atoms with Gasteiger partial charge in [0.1, 0.15) is 0 Å². The number of likely N-dealkylation sites (tertiary alicyclic amines) is 1. The summed E-state index contributed by atoms with van der Waals surface area (Å²) >= 11 is 0. The molecule has 0 saturated carbocycles. The van der Waals surface area contributed by atoms with Crippen molar-refractivity contribution in [3.63, 3.8) is 0 Å². The summed E-state index contributed by atoms with van der Waals surface area (Å²) in [6, 6.07) is 11.0. The van der Waals surface area contributed by atoms with Crippen LogP contribution in [0, 0.1) is 0 Å². The van der Waals surface area contributed by atoms with Gasteiger partial charge < -0.3 is 4.90 Å². The number of hydrogen-bond acceptors (Lipinski definition) is 3. The van der Waals surface area contributed by atoms with Crippen LogP contribution in [0.15, 0.2) is 79.4 Å². The van der Waals surface area contributed by atoms with E-state index in [1.54, 1.807) is 23.4 Å². The minimum Gasteiger partial charge on any atom is -0.338 e. The lowest BCUT2D eigenvalue weighted by Crippen LogP contribution is -2.28. The second-order valence-corrected chi connectivity index (χ2v) is 9.00. The van der Waals surface area contributed by atoms with Crippen LogP contribution in [0.4, 0.5) is 26.3 Å². The van der Waals surface area contributed by atoms with Crippen LogP contribution in [-0.2, 0) is 12.4 Å². The van der Waals surface area contributed by atoms with E-state index in [0.29, 0.717) is 25.2 Å². The van der Waals surface area contributed by atoms with Crippen molar-refractivity contribution in [1.82, 2.24) is 19.7 Å². The summed E-state index contributed by atoms with van der Waals surface area (Å²) in [7, 11) is 0. The van der Waals surface area contributed by atoms with Crippen LogP contribution in [0.25, 0.3) is 16.8 Å². The monoisotopic (exact) mass is 530 g/mol. The third-order valence-corrected chi connectivity index (χ3v) is 6.53. The van der Waals surface area contributed by atoms with E-state index in [1.165, 1.54) is 35.3 Å². The topological polar surface area (TPSA) is 51.0 Å². The Labute approximate surface area is 213 Å². The summed E-state index contributed by atoms with van der Waals surface area (Å²) in [5.74, 6) is -0.181. The fourth-order valence-corrected chi connectivity index (χ4v) is 4.64. The summed E-state index contributed by atoms with van der Waals surface area (Å²) < 4.78 is 82.2. The molecule has 0 N–H and O–H groups in total. The molecule has 0 bridgehead atoms. The van der Waals surface area contributed by atoms with Crippen molar-refractivity contribution in [2.75, 3.05) is 13.1 Å². The van der Waals surface area contributed by atoms with Crippen LogP contribution in [-0.4, -0.2) is 38.7 Å². The number of benzene rings is 2. The number of rotatable bonds is 4. The highest BCUT2D eigenvalue weighted by atomic mass is 19.4. The van der Waals surface area contributed by atoms with Crippen molar-refractivity contribution in [2.24, 2.45) is 0 Å². The van der Waals surface area contributed by atoms with Crippen LogP contribution in [0.2, 0.25) is 0 Å². The first-order valence-electron chi connectivity index (χ1n) is 11.6. The third-order valence-electron chi connectivity index (χ3n) is 6.53. The van der Waals surface area contributed by atoms with Crippen molar-refractivity contribution >= 4 is 5.91 Å². The molecule has 1 aliphatic heterocycles. The number of nitrogens with zero attached hydrogens (tertiary/aromatic N) is 4. The summed E-state index contributed by atoms with van der Waals surface area (Å²) in [5, 5.41) is 4.11. The highest BCUT2D eigenvalue weighted by molar-refractivity contribution is 5.96. The molecule has 0 spiro atoms. The molecule has 5 nitrogen and oxygen atoms in total. The Morgan fingerprint density at radius 3 is 2.24 bits per heavy atom. The molecule has 2 aromatic heterocycles. The summed E-state index contributed by atoms with van der Waals surface area (Å²) in [5.41, 5.74) is -1.64. The minimum atomic E-state index is -4.99. The number of carbonyl (C=O) groups is 1. The summed E-state index contributed by atoms with van der Waals surface area (Å²) in [6.45, 7) is 0.964.